The number of carboxylic acids is 1. The SMILES string of the molecule is O=C(O)CNC(=O)/C=C/c1ccc(Cl)s1. The summed E-state index contributed by atoms with van der Waals surface area (Å²) in [7, 11) is 0. The van der Waals surface area contributed by atoms with Crippen molar-refractivity contribution in [2.24, 2.45) is 0 Å². The molecule has 0 aliphatic heterocycles. The Morgan fingerprint density at radius 3 is 2.80 bits per heavy atom. The van der Waals surface area contributed by atoms with Crippen molar-refractivity contribution in [3.05, 3.63) is 27.4 Å². The van der Waals surface area contributed by atoms with Gasteiger partial charge in [0.2, 0.25) is 5.91 Å². The van der Waals surface area contributed by atoms with Crippen molar-refractivity contribution in [2.45, 2.75) is 0 Å². The molecule has 1 heterocycles. The first-order chi connectivity index (χ1) is 7.08. The third-order valence-corrected chi connectivity index (χ3v) is 2.60. The molecule has 0 saturated carbocycles. The number of thiophene rings is 1. The number of nitrogens with one attached hydrogen (secondary N) is 1. The highest BCUT2D eigenvalue weighted by atomic mass is 35.5. The lowest BCUT2D eigenvalue weighted by Crippen LogP contribution is -2.27. The van der Waals surface area contributed by atoms with Gasteiger partial charge in [0.1, 0.15) is 6.54 Å². The summed E-state index contributed by atoms with van der Waals surface area (Å²) in [6, 6.07) is 3.50. The fourth-order valence-electron chi connectivity index (χ4n) is 0.797. The van der Waals surface area contributed by atoms with Gasteiger partial charge in [-0.3, -0.25) is 9.59 Å². The molecule has 0 atom stereocenters. The van der Waals surface area contributed by atoms with Crippen LogP contribution < -0.4 is 5.32 Å². The largest absolute Gasteiger partial charge is 0.480 e. The summed E-state index contributed by atoms with van der Waals surface area (Å²) in [5.41, 5.74) is 0. The second-order valence-corrected chi connectivity index (χ2v) is 4.33. The van der Waals surface area contributed by atoms with Crippen LogP contribution in [-0.2, 0) is 9.59 Å². The molecule has 0 unspecified atom stereocenters. The van der Waals surface area contributed by atoms with Crippen LogP contribution in [0.3, 0.4) is 0 Å². The van der Waals surface area contributed by atoms with E-state index in [9.17, 15) is 9.59 Å². The highest BCUT2D eigenvalue weighted by Gasteiger charge is 1.99. The minimum Gasteiger partial charge on any atom is -0.480 e. The molecule has 1 aromatic heterocycles. The molecule has 1 aromatic rings. The van der Waals surface area contributed by atoms with E-state index in [2.05, 4.69) is 5.32 Å². The van der Waals surface area contributed by atoms with Crippen molar-refractivity contribution < 1.29 is 14.7 Å². The van der Waals surface area contributed by atoms with E-state index in [1.165, 1.54) is 17.4 Å². The average Bonchev–Trinajstić information content (AvgIpc) is 2.58. The first kappa shape index (κ1) is 11.7. The normalized spacial score (nSPS) is 10.5. The molecule has 0 radical (unpaired) electrons. The average molecular weight is 246 g/mol. The summed E-state index contributed by atoms with van der Waals surface area (Å²) in [4.78, 5) is 22.0. The lowest BCUT2D eigenvalue weighted by molar-refractivity contribution is -0.137. The molecule has 0 aliphatic rings. The van der Waals surface area contributed by atoms with Crippen molar-refractivity contribution in [2.75, 3.05) is 6.54 Å². The van der Waals surface area contributed by atoms with Gasteiger partial charge in [0.05, 0.1) is 4.34 Å². The van der Waals surface area contributed by atoms with Gasteiger partial charge in [0, 0.05) is 11.0 Å². The van der Waals surface area contributed by atoms with Gasteiger partial charge in [-0.15, -0.1) is 11.3 Å². The Balaban J connectivity index is 2.44. The minimum absolute atomic E-state index is 0.381. The van der Waals surface area contributed by atoms with Gasteiger partial charge in [-0.25, -0.2) is 0 Å². The van der Waals surface area contributed by atoms with Gasteiger partial charge < -0.3 is 10.4 Å². The van der Waals surface area contributed by atoms with Crippen LogP contribution in [-0.4, -0.2) is 23.5 Å². The molecule has 0 spiro atoms. The number of carbonyl (C=O) groups is 2. The topological polar surface area (TPSA) is 66.4 Å². The van der Waals surface area contributed by atoms with Gasteiger partial charge >= 0.3 is 5.97 Å². The van der Waals surface area contributed by atoms with Crippen molar-refractivity contribution in [3.63, 3.8) is 0 Å². The zero-order chi connectivity index (χ0) is 11.3. The summed E-state index contributed by atoms with van der Waals surface area (Å²) < 4.78 is 0.639. The van der Waals surface area contributed by atoms with Gasteiger partial charge in [-0.1, -0.05) is 11.6 Å². The van der Waals surface area contributed by atoms with Crippen LogP contribution in [0.2, 0.25) is 4.34 Å². The number of hydrogen-bond donors (Lipinski definition) is 2. The maximum absolute atomic E-state index is 11.0. The fraction of sp³-hybridized carbons (Fsp3) is 0.111. The lowest BCUT2D eigenvalue weighted by atomic mass is 10.4. The van der Waals surface area contributed by atoms with E-state index in [4.69, 9.17) is 16.7 Å². The van der Waals surface area contributed by atoms with Crippen LogP contribution >= 0.6 is 22.9 Å². The van der Waals surface area contributed by atoms with Crippen LogP contribution in [0.4, 0.5) is 0 Å². The van der Waals surface area contributed by atoms with Crippen molar-refractivity contribution in [1.82, 2.24) is 5.32 Å². The fourth-order valence-corrected chi connectivity index (χ4v) is 1.76. The van der Waals surface area contributed by atoms with Gasteiger partial charge in [-0.05, 0) is 18.2 Å². The zero-order valence-electron chi connectivity index (χ0n) is 7.57. The number of carbonyl (C=O) groups excluding carboxylic acids is 1. The Labute approximate surface area is 95.2 Å². The van der Waals surface area contributed by atoms with Crippen molar-refractivity contribution in [1.29, 1.82) is 0 Å². The molecule has 0 saturated heterocycles. The quantitative estimate of drug-likeness (QED) is 0.792. The highest BCUT2D eigenvalue weighted by Crippen LogP contribution is 2.22. The smallest absolute Gasteiger partial charge is 0.322 e. The van der Waals surface area contributed by atoms with E-state index >= 15 is 0 Å². The van der Waals surface area contributed by atoms with E-state index in [-0.39, 0.29) is 6.54 Å². The molecule has 1 rings (SSSR count). The van der Waals surface area contributed by atoms with Crippen LogP contribution in [0, 0.1) is 0 Å². The second kappa shape index (κ2) is 5.53. The molecular formula is C9H8ClNO3S. The summed E-state index contributed by atoms with van der Waals surface area (Å²) in [5, 5.41) is 10.5. The predicted molar refractivity (Wildman–Crippen MR) is 59.0 cm³/mol. The van der Waals surface area contributed by atoms with E-state index in [0.717, 1.165) is 4.88 Å². The first-order valence-corrected chi connectivity index (χ1v) is 5.20. The van der Waals surface area contributed by atoms with E-state index in [1.54, 1.807) is 18.2 Å². The molecule has 2 N–H and O–H groups in total. The molecule has 6 heteroatoms. The molecule has 4 nitrogen and oxygen atoms in total. The first-order valence-electron chi connectivity index (χ1n) is 4.01. The minimum atomic E-state index is -1.07. The zero-order valence-corrected chi connectivity index (χ0v) is 9.14. The summed E-state index contributed by atoms with van der Waals surface area (Å²) in [6.45, 7) is -0.381. The Bertz CT molecular complexity index is 400. The van der Waals surface area contributed by atoms with Crippen LogP contribution in [0.5, 0.6) is 0 Å². The summed E-state index contributed by atoms with van der Waals surface area (Å²) in [6.07, 6.45) is 2.85. The van der Waals surface area contributed by atoms with E-state index in [1.807, 2.05) is 0 Å². The van der Waals surface area contributed by atoms with Crippen molar-refractivity contribution >= 4 is 40.9 Å². The van der Waals surface area contributed by atoms with Crippen LogP contribution in [0.15, 0.2) is 18.2 Å². The third kappa shape index (κ3) is 4.62. The predicted octanol–water partition coefficient (Wildman–Crippen LogP) is 1.62. The summed E-state index contributed by atoms with van der Waals surface area (Å²) >= 11 is 7.02. The van der Waals surface area contributed by atoms with E-state index in [0.29, 0.717) is 4.34 Å². The number of halogens is 1. The number of carboxylic acid groups (broad SMARTS) is 1. The molecule has 0 fully saturated rings. The number of rotatable bonds is 4. The maximum Gasteiger partial charge on any atom is 0.322 e. The molecule has 0 aliphatic carbocycles. The Morgan fingerprint density at radius 2 is 2.27 bits per heavy atom. The molecular weight excluding hydrogens is 238 g/mol. The van der Waals surface area contributed by atoms with Crippen LogP contribution in [0.1, 0.15) is 4.88 Å². The van der Waals surface area contributed by atoms with Gasteiger partial charge in [-0.2, -0.15) is 0 Å². The monoisotopic (exact) mass is 245 g/mol. The Morgan fingerprint density at radius 1 is 1.53 bits per heavy atom. The third-order valence-electron chi connectivity index (χ3n) is 1.41. The van der Waals surface area contributed by atoms with Crippen molar-refractivity contribution in [3.8, 4) is 0 Å². The Kier molecular flexibility index (Phi) is 4.33. The summed E-state index contributed by atoms with van der Waals surface area (Å²) in [5.74, 6) is -1.52. The number of amides is 1. The molecule has 0 aromatic carbocycles. The highest BCUT2D eigenvalue weighted by molar-refractivity contribution is 7.17. The molecule has 80 valence electrons. The second-order valence-electron chi connectivity index (χ2n) is 2.59. The lowest BCUT2D eigenvalue weighted by Gasteiger charge is -1.95. The van der Waals surface area contributed by atoms with Gasteiger partial charge in [0.15, 0.2) is 0 Å². The molecule has 0 bridgehead atoms. The van der Waals surface area contributed by atoms with Gasteiger partial charge in [0.25, 0.3) is 0 Å². The standard InChI is InChI=1S/C9H8ClNO3S/c10-7-3-1-6(15-7)2-4-8(12)11-5-9(13)14/h1-4H,5H2,(H,11,12)(H,13,14)/b4-2+. The number of hydrogen-bond acceptors (Lipinski definition) is 3. The van der Waals surface area contributed by atoms with Crippen LogP contribution in [0.25, 0.3) is 6.08 Å². The molecule has 1 amide bonds. The van der Waals surface area contributed by atoms with E-state index < -0.39 is 11.9 Å². The maximum atomic E-state index is 11.0. The molecule has 15 heavy (non-hydrogen) atoms. The Hall–Kier alpha value is -1.33. The number of aliphatic carboxylic acids is 1.